The lowest BCUT2D eigenvalue weighted by atomic mass is 9.87. The lowest BCUT2D eigenvalue weighted by Gasteiger charge is -2.39. The van der Waals surface area contributed by atoms with E-state index in [4.69, 9.17) is 16.3 Å². The Morgan fingerprint density at radius 2 is 1.84 bits per heavy atom. The number of ether oxygens (including phenoxy) is 1. The van der Waals surface area contributed by atoms with Crippen molar-refractivity contribution in [2.75, 3.05) is 16.4 Å². The van der Waals surface area contributed by atoms with E-state index in [0.717, 1.165) is 28.0 Å². The van der Waals surface area contributed by atoms with Gasteiger partial charge in [0.05, 0.1) is 23.3 Å². The molecule has 43 heavy (non-hydrogen) atoms. The van der Waals surface area contributed by atoms with Gasteiger partial charge in [-0.15, -0.1) is 0 Å². The molecule has 218 valence electrons. The number of carbonyl (C=O) groups excluding carboxylic acids is 3. The summed E-state index contributed by atoms with van der Waals surface area (Å²) in [5.74, 6) is -5.87. The van der Waals surface area contributed by atoms with Crippen LogP contribution in [-0.4, -0.2) is 47.5 Å². The molecule has 0 radical (unpaired) electrons. The number of nitriles is 2. The molecule has 10 nitrogen and oxygen atoms in total. The second kappa shape index (κ2) is 11.6. The smallest absolute Gasteiger partial charge is 0.416 e. The van der Waals surface area contributed by atoms with E-state index in [1.54, 1.807) is 12.1 Å². The Labute approximate surface area is 247 Å². The third-order valence-electron chi connectivity index (χ3n) is 6.95. The largest absolute Gasteiger partial charge is 0.446 e. The first kappa shape index (κ1) is 29.4. The minimum Gasteiger partial charge on any atom is -0.446 e. The minimum atomic E-state index is -2.97. The minimum absolute atomic E-state index is 0.0234. The summed E-state index contributed by atoms with van der Waals surface area (Å²) < 4.78 is 47.2. The normalized spacial score (nSPS) is 18.0. The number of rotatable bonds is 7. The fourth-order valence-electron chi connectivity index (χ4n) is 4.96. The van der Waals surface area contributed by atoms with E-state index < -0.39 is 67.2 Å². The molecule has 2 atom stereocenters. The summed E-state index contributed by atoms with van der Waals surface area (Å²) in [5, 5.41) is 21.4. The monoisotopic (exact) mass is 608 g/mol. The van der Waals surface area contributed by atoms with Crippen LogP contribution in [0.15, 0.2) is 60.8 Å². The van der Waals surface area contributed by atoms with Crippen LogP contribution in [0, 0.1) is 28.5 Å². The highest BCUT2D eigenvalue weighted by atomic mass is 35.5. The number of alkyl halides is 2. The van der Waals surface area contributed by atoms with Gasteiger partial charge in [0, 0.05) is 41.4 Å². The van der Waals surface area contributed by atoms with Gasteiger partial charge in [-0.1, -0.05) is 29.8 Å². The van der Waals surface area contributed by atoms with E-state index in [1.165, 1.54) is 36.5 Å². The van der Waals surface area contributed by atoms with Crippen LogP contribution in [0.4, 0.5) is 29.5 Å². The number of hydrogen-bond donors (Lipinski definition) is 1. The molecule has 1 aromatic heterocycles. The van der Waals surface area contributed by atoms with Gasteiger partial charge >= 0.3 is 6.09 Å². The van der Waals surface area contributed by atoms with Gasteiger partial charge in [-0.2, -0.15) is 10.5 Å². The first-order chi connectivity index (χ1) is 20.5. The zero-order chi connectivity index (χ0) is 30.9. The number of nitrogens with one attached hydrogen (secondary N) is 1. The highest BCUT2D eigenvalue weighted by Gasteiger charge is 2.49. The van der Waals surface area contributed by atoms with Gasteiger partial charge in [-0.05, 0) is 36.4 Å². The van der Waals surface area contributed by atoms with Crippen molar-refractivity contribution >= 4 is 41.0 Å². The van der Waals surface area contributed by atoms with Gasteiger partial charge in [0.1, 0.15) is 24.3 Å². The Morgan fingerprint density at radius 1 is 1.12 bits per heavy atom. The third kappa shape index (κ3) is 5.94. The van der Waals surface area contributed by atoms with Crippen molar-refractivity contribution in [3.05, 3.63) is 88.3 Å². The molecule has 14 heteroatoms. The van der Waals surface area contributed by atoms with Gasteiger partial charge in [-0.25, -0.2) is 27.8 Å². The highest BCUT2D eigenvalue weighted by molar-refractivity contribution is 6.31. The van der Waals surface area contributed by atoms with Crippen LogP contribution in [0.1, 0.15) is 35.6 Å². The Kier molecular flexibility index (Phi) is 7.93. The van der Waals surface area contributed by atoms with Crippen LogP contribution >= 0.6 is 11.6 Å². The fraction of sp³-hybridized carbons (Fsp3) is 0.241. The second-order valence-corrected chi connectivity index (χ2v) is 10.3. The van der Waals surface area contributed by atoms with Crippen LogP contribution in [0.2, 0.25) is 5.02 Å². The van der Waals surface area contributed by atoms with Gasteiger partial charge in [0.15, 0.2) is 6.04 Å². The van der Waals surface area contributed by atoms with Gasteiger partial charge < -0.3 is 10.1 Å². The van der Waals surface area contributed by atoms with Crippen LogP contribution in [-0.2, 0) is 14.3 Å². The SMILES string of the molecule is N#Cc1cc(F)cc(N(C(=O)C2COC(=O)N2c2cc(C#N)ccn2)C(C(=O)NC2CC(F)(F)C2)c2ccccc2Cl)c1. The first-order valence-corrected chi connectivity index (χ1v) is 13.2. The summed E-state index contributed by atoms with van der Waals surface area (Å²) in [7, 11) is 0. The quantitative estimate of drug-likeness (QED) is 0.412. The molecule has 2 fully saturated rings. The van der Waals surface area contributed by atoms with E-state index in [0.29, 0.717) is 0 Å². The van der Waals surface area contributed by atoms with Crippen LogP contribution in [0.3, 0.4) is 0 Å². The average Bonchev–Trinajstić information content (AvgIpc) is 3.35. The molecule has 3 amide bonds. The Hall–Kier alpha value is -5.14. The summed E-state index contributed by atoms with van der Waals surface area (Å²) in [6, 6.07) is 11.2. The summed E-state index contributed by atoms with van der Waals surface area (Å²) in [6.07, 6.45) is -0.979. The van der Waals surface area contributed by atoms with Crippen LogP contribution < -0.4 is 15.1 Å². The third-order valence-corrected chi connectivity index (χ3v) is 7.29. The van der Waals surface area contributed by atoms with Crippen LogP contribution in [0.5, 0.6) is 0 Å². The molecule has 2 aliphatic rings. The number of benzene rings is 2. The maximum absolute atomic E-state index is 14.8. The van der Waals surface area contributed by atoms with E-state index in [9.17, 15) is 38.1 Å². The molecular weight excluding hydrogens is 589 g/mol. The molecule has 0 spiro atoms. The molecule has 3 aromatic rings. The Bertz CT molecular complexity index is 1700. The van der Waals surface area contributed by atoms with Gasteiger partial charge in [-0.3, -0.25) is 14.5 Å². The zero-order valence-corrected chi connectivity index (χ0v) is 22.8. The van der Waals surface area contributed by atoms with Gasteiger partial charge in [0.25, 0.3) is 11.8 Å². The number of nitrogens with zero attached hydrogens (tertiary/aromatic N) is 5. The van der Waals surface area contributed by atoms with Crippen molar-refractivity contribution in [3.63, 3.8) is 0 Å². The number of aromatic nitrogens is 1. The number of anilines is 2. The molecule has 5 rings (SSSR count). The zero-order valence-electron chi connectivity index (χ0n) is 22.0. The van der Waals surface area contributed by atoms with Crippen LogP contribution in [0.25, 0.3) is 0 Å². The van der Waals surface area contributed by atoms with E-state index in [2.05, 4.69) is 10.3 Å². The maximum Gasteiger partial charge on any atom is 0.416 e. The lowest BCUT2D eigenvalue weighted by molar-refractivity contribution is -0.133. The average molecular weight is 609 g/mol. The molecule has 1 N–H and O–H groups in total. The molecule has 2 unspecified atom stereocenters. The summed E-state index contributed by atoms with van der Waals surface area (Å²) >= 11 is 6.47. The predicted molar refractivity (Wildman–Crippen MR) is 145 cm³/mol. The Balaban J connectivity index is 1.65. The van der Waals surface area contributed by atoms with E-state index in [-0.39, 0.29) is 33.2 Å². The summed E-state index contributed by atoms with van der Waals surface area (Å²) in [6.45, 7) is -0.515. The molecule has 2 heterocycles. The maximum atomic E-state index is 14.8. The predicted octanol–water partition coefficient (Wildman–Crippen LogP) is 4.63. The van der Waals surface area contributed by atoms with Crippen molar-refractivity contribution < 1.29 is 32.3 Å². The second-order valence-electron chi connectivity index (χ2n) is 9.89. The first-order valence-electron chi connectivity index (χ1n) is 12.8. The van der Waals surface area contributed by atoms with Crippen molar-refractivity contribution in [2.45, 2.75) is 36.9 Å². The van der Waals surface area contributed by atoms with E-state index >= 15 is 0 Å². The Morgan fingerprint density at radius 3 is 2.51 bits per heavy atom. The lowest BCUT2D eigenvalue weighted by Crippen LogP contribution is -2.56. The number of amides is 3. The molecule has 1 saturated heterocycles. The topological polar surface area (TPSA) is 139 Å². The molecule has 2 aromatic carbocycles. The summed E-state index contributed by atoms with van der Waals surface area (Å²) in [4.78, 5) is 46.9. The number of pyridine rings is 1. The fourth-order valence-corrected chi connectivity index (χ4v) is 5.19. The molecule has 1 aliphatic carbocycles. The van der Waals surface area contributed by atoms with Crippen molar-refractivity contribution in [3.8, 4) is 12.1 Å². The number of halogens is 4. The number of hydrogen-bond acceptors (Lipinski definition) is 7. The van der Waals surface area contributed by atoms with Crippen molar-refractivity contribution in [1.29, 1.82) is 10.5 Å². The van der Waals surface area contributed by atoms with Gasteiger partial charge in [0.2, 0.25) is 5.91 Å². The van der Waals surface area contributed by atoms with Crippen molar-refractivity contribution in [1.82, 2.24) is 10.3 Å². The number of carbonyl (C=O) groups is 3. The molecule has 1 saturated carbocycles. The molecular formula is C29H20ClF3N6O4. The number of cyclic esters (lactones) is 1. The molecule has 0 bridgehead atoms. The highest BCUT2D eigenvalue weighted by Crippen LogP contribution is 2.39. The standard InChI is InChI=1S/C29H20ClF3N6O4/c30-22-4-2-1-3-21(22)25(26(40)37-19-11-29(32,33)12-19)38(20-8-17(14-35)7-18(31)10-20)27(41)23-15-43-28(42)39(23)24-9-16(13-34)5-6-36-24/h1-10,19,23,25H,11-12,15H2,(H,37,40). The van der Waals surface area contributed by atoms with Crippen molar-refractivity contribution in [2.24, 2.45) is 0 Å². The van der Waals surface area contributed by atoms with E-state index in [1.807, 2.05) is 6.07 Å². The molecule has 1 aliphatic heterocycles. The summed E-state index contributed by atoms with van der Waals surface area (Å²) in [5.41, 5.74) is -0.255.